The normalized spacial score (nSPS) is 15.8. The molecule has 0 saturated heterocycles. The van der Waals surface area contributed by atoms with Gasteiger partial charge in [0, 0.05) is 42.1 Å². The first-order valence-corrected chi connectivity index (χ1v) is 16.2. The molecule has 4 nitrogen and oxygen atoms in total. The summed E-state index contributed by atoms with van der Waals surface area (Å²) < 4.78 is 139. The molecule has 0 amide bonds. The van der Waals surface area contributed by atoms with Crippen molar-refractivity contribution in [3.63, 3.8) is 0 Å². The van der Waals surface area contributed by atoms with E-state index in [2.05, 4.69) is 0 Å². The van der Waals surface area contributed by atoms with Crippen LogP contribution in [0.25, 0.3) is 98.5 Å². The molecule has 0 saturated carbocycles. The van der Waals surface area contributed by atoms with Gasteiger partial charge >= 0.3 is 0 Å². The maximum atomic E-state index is 9.64. The van der Waals surface area contributed by atoms with Crippen LogP contribution < -0.4 is 0 Å². The molecule has 0 aliphatic rings. The average Bonchev–Trinajstić information content (AvgIpc) is 3.90. The second-order valence-corrected chi connectivity index (χ2v) is 12.2. The number of hydrogen-bond donors (Lipinski definition) is 0. The summed E-state index contributed by atoms with van der Waals surface area (Å²) in [5, 5.41) is 1.47. The van der Waals surface area contributed by atoms with Gasteiger partial charge in [0.2, 0.25) is 0 Å². The summed E-state index contributed by atoms with van der Waals surface area (Å²) in [5.41, 5.74) is 0.136. The molecule has 10 rings (SSSR count). The molecular weight excluding hydrogens is 631 g/mol. The number of para-hydroxylation sites is 2. The van der Waals surface area contributed by atoms with Crippen LogP contribution in [0.4, 0.5) is 0 Å². The van der Waals surface area contributed by atoms with Crippen LogP contribution in [0.5, 0.6) is 0 Å². The molecule has 0 aliphatic carbocycles. The molecule has 0 N–H and O–H groups in total. The van der Waals surface area contributed by atoms with Gasteiger partial charge < -0.3 is 4.42 Å². The molecule has 5 heteroatoms. The van der Waals surface area contributed by atoms with Crippen molar-refractivity contribution in [2.75, 3.05) is 0 Å². The lowest BCUT2D eigenvalue weighted by Gasteiger charge is -2.09. The number of hydrogen-bond acceptors (Lipinski definition) is 5. The van der Waals surface area contributed by atoms with Crippen LogP contribution in [-0.2, 0) is 0 Å². The summed E-state index contributed by atoms with van der Waals surface area (Å²) in [6.07, 6.45) is 0. The zero-order valence-electron chi connectivity index (χ0n) is 40.6. The molecule has 10 aromatic rings. The highest BCUT2D eigenvalue weighted by Crippen LogP contribution is 2.42. The number of furan rings is 1. The summed E-state index contributed by atoms with van der Waals surface area (Å²) in [7, 11) is 0. The van der Waals surface area contributed by atoms with E-state index in [0.29, 0.717) is 22.3 Å². The molecule has 7 aromatic carbocycles. The molecular formula is C45H27N3OS. The topological polar surface area (TPSA) is 51.8 Å². The fourth-order valence-corrected chi connectivity index (χ4v) is 7.01. The lowest BCUT2D eigenvalue weighted by molar-refractivity contribution is 0.669. The second kappa shape index (κ2) is 11.6. The second-order valence-electron chi connectivity index (χ2n) is 11.2. The lowest BCUT2D eigenvalue weighted by atomic mass is 9.99. The minimum Gasteiger partial charge on any atom is -0.455 e. The zero-order chi connectivity index (χ0) is 46.1. The molecule has 0 unspecified atom stereocenters. The van der Waals surface area contributed by atoms with Crippen LogP contribution in [-0.4, -0.2) is 15.0 Å². The van der Waals surface area contributed by atoms with Crippen molar-refractivity contribution >= 4 is 53.4 Å². The molecule has 3 heterocycles. The Morgan fingerprint density at radius 3 is 2.02 bits per heavy atom. The van der Waals surface area contributed by atoms with Crippen LogP contribution in [0, 0.1) is 0 Å². The monoisotopic (exact) mass is 672 g/mol. The predicted octanol–water partition coefficient (Wildman–Crippen LogP) is 12.5. The smallest absolute Gasteiger partial charge is 0.167 e. The number of rotatable bonds is 5. The van der Waals surface area contributed by atoms with Crippen molar-refractivity contribution in [3.05, 3.63) is 163 Å². The van der Waals surface area contributed by atoms with E-state index in [9.17, 15) is 4.11 Å². The van der Waals surface area contributed by atoms with Crippen molar-refractivity contribution in [2.24, 2.45) is 0 Å². The van der Waals surface area contributed by atoms with E-state index < -0.39 is 101 Å². The first-order chi connectivity index (χ1) is 31.0. The van der Waals surface area contributed by atoms with Crippen LogP contribution in [0.15, 0.2) is 168 Å². The number of aromatic nitrogens is 3. The fraction of sp³-hybridized carbons (Fsp3) is 0. The highest BCUT2D eigenvalue weighted by atomic mass is 32.1. The Morgan fingerprint density at radius 1 is 0.460 bits per heavy atom. The Bertz CT molecular complexity index is 3680. The Balaban J connectivity index is 1.25. The van der Waals surface area contributed by atoms with Gasteiger partial charge in [-0.3, -0.25) is 0 Å². The highest BCUT2D eigenvalue weighted by Gasteiger charge is 2.18. The number of thiophene rings is 1. The third-order valence-corrected chi connectivity index (χ3v) is 9.35. The maximum Gasteiger partial charge on any atom is 0.167 e. The zero-order valence-corrected chi connectivity index (χ0v) is 26.4. The molecule has 3 aromatic heterocycles. The van der Waals surface area contributed by atoms with Crippen LogP contribution >= 0.6 is 11.3 Å². The van der Waals surface area contributed by atoms with Gasteiger partial charge in [0.15, 0.2) is 17.5 Å². The van der Waals surface area contributed by atoms with Gasteiger partial charge in [-0.2, -0.15) is 0 Å². The number of benzene rings is 7. The van der Waals surface area contributed by atoms with E-state index in [1.54, 1.807) is 30.3 Å². The van der Waals surface area contributed by atoms with Crippen molar-refractivity contribution < 1.29 is 25.0 Å². The van der Waals surface area contributed by atoms with Gasteiger partial charge in [-0.15, -0.1) is 11.3 Å². The quantitative estimate of drug-likeness (QED) is 0.183. The highest BCUT2D eigenvalue weighted by molar-refractivity contribution is 7.26. The molecule has 0 spiro atoms. The van der Waals surface area contributed by atoms with E-state index >= 15 is 0 Å². The molecule has 234 valence electrons. The average molecular weight is 673 g/mol. The van der Waals surface area contributed by atoms with E-state index in [1.807, 2.05) is 42.5 Å². The molecule has 0 atom stereocenters. The summed E-state index contributed by atoms with van der Waals surface area (Å²) in [6.45, 7) is 0. The molecule has 0 aliphatic heterocycles. The lowest BCUT2D eigenvalue weighted by Crippen LogP contribution is -2.00. The Labute approximate surface area is 313 Å². The SMILES string of the molecule is [2H]c1c([2H])c([2H])c(-c2c([2H])c([2H])c(-c3c([2H])c([2H])c([2H])c4c3sc3c([2H])c(-c5nc(-c6ccccc6)nc(-c6cccc7c6oc6ccccc67)n5)c([2H])c([2H])c34)c([2H])c2[2H])c([2H])c1[2H]. The molecule has 50 heavy (non-hydrogen) atoms. The van der Waals surface area contributed by atoms with Crippen molar-refractivity contribution in [3.8, 4) is 56.4 Å². The van der Waals surface area contributed by atoms with E-state index in [1.165, 1.54) is 0 Å². The van der Waals surface area contributed by atoms with Crippen LogP contribution in [0.1, 0.15) is 20.6 Å². The van der Waals surface area contributed by atoms with Crippen molar-refractivity contribution in [1.82, 2.24) is 15.0 Å². The summed E-state index contributed by atoms with van der Waals surface area (Å²) in [4.78, 5) is 14.4. The maximum absolute atomic E-state index is 9.64. The van der Waals surface area contributed by atoms with Crippen LogP contribution in [0.2, 0.25) is 0 Å². The molecule has 0 bridgehead atoms. The number of nitrogens with zero attached hydrogens (tertiary/aromatic N) is 3. The van der Waals surface area contributed by atoms with Gasteiger partial charge in [0.05, 0.1) is 26.1 Å². The van der Waals surface area contributed by atoms with E-state index in [-0.39, 0.29) is 54.8 Å². The Morgan fingerprint density at radius 2 is 1.16 bits per heavy atom. The van der Waals surface area contributed by atoms with Gasteiger partial charge in [-0.05, 0) is 40.4 Å². The van der Waals surface area contributed by atoms with Crippen molar-refractivity contribution in [2.45, 2.75) is 0 Å². The minimum atomic E-state index is -0.786. The first-order valence-electron chi connectivity index (χ1n) is 22.9. The Kier molecular flexibility index (Phi) is 4.02. The third kappa shape index (κ3) is 4.79. The van der Waals surface area contributed by atoms with Gasteiger partial charge in [-0.25, -0.2) is 15.0 Å². The standard InChI is InChI=1S/C45H27N3OS/c1-3-11-28(12-4-1)29-21-23-30(24-22-29)33-16-9-18-37-35-26-25-32(27-40(35)50-42(33)37)44-46-43(31-13-5-2-6-14-31)47-45(48-44)38-19-10-17-36-34-15-7-8-20-39(34)49-41(36)38/h1-27H/i1D,3D,4D,9D,11D,12D,16D,18D,21D,22D,23D,24D,25D,26D,27D. The third-order valence-electron chi connectivity index (χ3n) is 8.22. The Hall–Kier alpha value is -6.43. The molecule has 0 fully saturated rings. The first kappa shape index (κ1) is 17.3. The molecule has 0 radical (unpaired) electrons. The number of fused-ring (bicyclic) bond motifs is 6. The predicted molar refractivity (Wildman–Crippen MR) is 207 cm³/mol. The van der Waals surface area contributed by atoms with Crippen molar-refractivity contribution in [1.29, 1.82) is 0 Å². The van der Waals surface area contributed by atoms with Gasteiger partial charge in [-0.1, -0.05) is 145 Å². The van der Waals surface area contributed by atoms with Gasteiger partial charge in [0.25, 0.3) is 0 Å². The fourth-order valence-electron chi connectivity index (χ4n) is 5.89. The largest absolute Gasteiger partial charge is 0.455 e. The summed E-state index contributed by atoms with van der Waals surface area (Å²) in [6, 6.07) is 12.1. The van der Waals surface area contributed by atoms with E-state index in [4.69, 9.17) is 35.8 Å². The van der Waals surface area contributed by atoms with Gasteiger partial charge in [0.1, 0.15) is 11.2 Å². The summed E-state index contributed by atoms with van der Waals surface area (Å²) in [5.74, 6) is 0.231. The minimum absolute atomic E-state index is 0.0289. The summed E-state index contributed by atoms with van der Waals surface area (Å²) >= 11 is 0.804. The van der Waals surface area contributed by atoms with E-state index in [0.717, 1.165) is 22.1 Å². The van der Waals surface area contributed by atoms with Crippen LogP contribution in [0.3, 0.4) is 0 Å².